The van der Waals surface area contributed by atoms with E-state index >= 15 is 0 Å². The summed E-state index contributed by atoms with van der Waals surface area (Å²) in [5.41, 5.74) is 0.898. The molecular weight excluding hydrogens is 351 g/mol. The second-order valence-electron chi connectivity index (χ2n) is 4.35. The van der Waals surface area contributed by atoms with Gasteiger partial charge in [-0.1, -0.05) is 12.1 Å². The standard InChI is InChI=1S/C14H17Cl3O3Si/c1-19-14(18)9-6-12-4-7-13(8-5-12)20-10-2-3-11-21(15,16)17/h4-9H,2-3,10-11H2,1H3/b9-6+. The molecule has 0 N–H and O–H groups in total. The van der Waals surface area contributed by atoms with Crippen molar-refractivity contribution in [3.8, 4) is 5.75 Å². The third kappa shape index (κ3) is 9.04. The lowest BCUT2D eigenvalue weighted by molar-refractivity contribution is -0.134. The Hall–Kier alpha value is -0.683. The van der Waals surface area contributed by atoms with E-state index in [0.717, 1.165) is 24.2 Å². The zero-order chi connectivity index (χ0) is 15.7. The number of hydrogen-bond donors (Lipinski definition) is 0. The highest BCUT2D eigenvalue weighted by atomic mass is 35.8. The number of hydrogen-bond acceptors (Lipinski definition) is 3. The SMILES string of the molecule is COC(=O)/C=C/c1ccc(OCCCC[Si](Cl)(Cl)Cl)cc1. The minimum atomic E-state index is -2.50. The monoisotopic (exact) mass is 366 g/mol. The Morgan fingerprint density at radius 3 is 2.43 bits per heavy atom. The topological polar surface area (TPSA) is 35.5 Å². The van der Waals surface area contributed by atoms with Crippen LogP contribution in [0.1, 0.15) is 18.4 Å². The van der Waals surface area contributed by atoms with E-state index in [4.69, 9.17) is 38.0 Å². The van der Waals surface area contributed by atoms with E-state index in [-0.39, 0.29) is 5.97 Å². The molecule has 0 radical (unpaired) electrons. The van der Waals surface area contributed by atoms with Crippen LogP contribution in [-0.2, 0) is 9.53 Å². The lowest BCUT2D eigenvalue weighted by Crippen LogP contribution is -2.09. The van der Waals surface area contributed by atoms with Gasteiger partial charge in [0.15, 0.2) is 0 Å². The first-order chi connectivity index (χ1) is 9.90. The minimum Gasteiger partial charge on any atom is -0.494 e. The lowest BCUT2D eigenvalue weighted by atomic mass is 10.2. The van der Waals surface area contributed by atoms with Gasteiger partial charge in [-0.25, -0.2) is 4.79 Å². The maximum Gasteiger partial charge on any atom is 0.341 e. The molecule has 0 atom stereocenters. The van der Waals surface area contributed by atoms with Crippen LogP contribution in [0.25, 0.3) is 6.08 Å². The summed E-state index contributed by atoms with van der Waals surface area (Å²) >= 11 is 17.4. The number of carbonyl (C=O) groups is 1. The van der Waals surface area contributed by atoms with Crippen molar-refractivity contribution >= 4 is 51.3 Å². The number of ether oxygens (including phenoxy) is 2. The summed E-state index contributed by atoms with van der Waals surface area (Å²) in [6, 6.07) is 5.58. The third-order valence-electron chi connectivity index (χ3n) is 2.62. The summed E-state index contributed by atoms with van der Waals surface area (Å²) in [6.07, 6.45) is 4.76. The molecule has 1 aromatic carbocycles. The van der Waals surface area contributed by atoms with Crippen LogP contribution in [0, 0.1) is 0 Å². The minimum absolute atomic E-state index is 0.382. The van der Waals surface area contributed by atoms with Crippen LogP contribution in [0.5, 0.6) is 5.75 Å². The van der Waals surface area contributed by atoms with Gasteiger partial charge in [0.25, 0.3) is 0 Å². The average molecular weight is 368 g/mol. The molecule has 0 aliphatic carbocycles. The molecule has 0 amide bonds. The van der Waals surface area contributed by atoms with Crippen molar-refractivity contribution in [1.82, 2.24) is 0 Å². The number of unbranched alkanes of at least 4 members (excludes halogenated alkanes) is 1. The molecule has 0 aliphatic rings. The van der Waals surface area contributed by atoms with Crippen LogP contribution >= 0.6 is 33.2 Å². The summed E-state index contributed by atoms with van der Waals surface area (Å²) in [7, 11) is 1.34. The van der Waals surface area contributed by atoms with E-state index in [1.54, 1.807) is 6.08 Å². The average Bonchev–Trinajstić information content (AvgIpc) is 2.44. The van der Waals surface area contributed by atoms with Gasteiger partial charge >= 0.3 is 12.0 Å². The van der Waals surface area contributed by atoms with Crippen LogP contribution in [0.2, 0.25) is 6.04 Å². The Morgan fingerprint density at radius 1 is 1.19 bits per heavy atom. The smallest absolute Gasteiger partial charge is 0.341 e. The molecule has 0 saturated carbocycles. The highest BCUT2D eigenvalue weighted by Crippen LogP contribution is 2.27. The van der Waals surface area contributed by atoms with Crippen LogP contribution in [0.15, 0.2) is 30.3 Å². The third-order valence-corrected chi connectivity index (χ3v) is 5.24. The normalized spacial score (nSPS) is 11.6. The summed E-state index contributed by atoms with van der Waals surface area (Å²) < 4.78 is 10.1. The largest absolute Gasteiger partial charge is 0.494 e. The molecule has 0 heterocycles. The van der Waals surface area contributed by atoms with Gasteiger partial charge in [0.2, 0.25) is 0 Å². The summed E-state index contributed by atoms with van der Waals surface area (Å²) in [4.78, 5) is 11.0. The first-order valence-corrected chi connectivity index (χ1v) is 11.7. The van der Waals surface area contributed by atoms with Crippen molar-refractivity contribution in [2.75, 3.05) is 13.7 Å². The van der Waals surface area contributed by atoms with Crippen molar-refractivity contribution in [2.45, 2.75) is 18.9 Å². The van der Waals surface area contributed by atoms with Crippen LogP contribution < -0.4 is 4.74 Å². The molecule has 1 rings (SSSR count). The number of rotatable bonds is 8. The summed E-state index contributed by atoms with van der Waals surface area (Å²) in [6.45, 7) is 0.590. The first kappa shape index (κ1) is 18.4. The first-order valence-electron chi connectivity index (χ1n) is 6.46. The highest BCUT2D eigenvalue weighted by Gasteiger charge is 2.23. The van der Waals surface area contributed by atoms with Gasteiger partial charge < -0.3 is 9.47 Å². The molecule has 0 spiro atoms. The maximum atomic E-state index is 11.0. The van der Waals surface area contributed by atoms with E-state index in [9.17, 15) is 4.79 Å². The van der Waals surface area contributed by atoms with Crippen molar-refractivity contribution in [2.24, 2.45) is 0 Å². The van der Waals surface area contributed by atoms with Crippen molar-refractivity contribution in [1.29, 1.82) is 0 Å². The molecule has 116 valence electrons. The van der Waals surface area contributed by atoms with Crippen LogP contribution in [0.4, 0.5) is 0 Å². The molecule has 0 saturated heterocycles. The fraction of sp³-hybridized carbons (Fsp3) is 0.357. The predicted molar refractivity (Wildman–Crippen MR) is 90.3 cm³/mol. The zero-order valence-corrected chi connectivity index (χ0v) is 14.9. The number of esters is 1. The van der Waals surface area contributed by atoms with E-state index in [2.05, 4.69) is 4.74 Å². The van der Waals surface area contributed by atoms with E-state index < -0.39 is 6.00 Å². The van der Waals surface area contributed by atoms with Gasteiger partial charge in [0.05, 0.1) is 13.7 Å². The predicted octanol–water partition coefficient (Wildman–Crippen LogP) is 4.69. The molecule has 0 unspecified atom stereocenters. The highest BCUT2D eigenvalue weighted by molar-refractivity contribution is 7.64. The number of methoxy groups -OCH3 is 1. The lowest BCUT2D eigenvalue weighted by Gasteiger charge is -2.08. The molecule has 1 aromatic rings. The Bertz CT molecular complexity index is 469. The van der Waals surface area contributed by atoms with Crippen molar-refractivity contribution in [3.05, 3.63) is 35.9 Å². The molecule has 21 heavy (non-hydrogen) atoms. The quantitative estimate of drug-likeness (QED) is 0.220. The maximum absolute atomic E-state index is 11.0. The van der Waals surface area contributed by atoms with Gasteiger partial charge in [-0.2, -0.15) is 0 Å². The van der Waals surface area contributed by atoms with Gasteiger partial charge in [-0.3, -0.25) is 0 Å². The van der Waals surface area contributed by atoms with E-state index in [1.807, 2.05) is 24.3 Å². The molecule has 0 bridgehead atoms. The van der Waals surface area contributed by atoms with Gasteiger partial charge in [-0.15, -0.1) is 33.2 Å². The summed E-state index contributed by atoms with van der Waals surface area (Å²) in [5, 5.41) is 0. The van der Waals surface area contributed by atoms with Gasteiger partial charge in [0.1, 0.15) is 5.75 Å². The van der Waals surface area contributed by atoms with E-state index in [0.29, 0.717) is 12.7 Å². The molecule has 0 aliphatic heterocycles. The zero-order valence-electron chi connectivity index (χ0n) is 11.7. The molecule has 7 heteroatoms. The number of halogens is 3. The second kappa shape index (κ2) is 9.36. The summed E-state index contributed by atoms with van der Waals surface area (Å²) in [5.74, 6) is 0.393. The van der Waals surface area contributed by atoms with Gasteiger partial charge in [0, 0.05) is 6.08 Å². The Morgan fingerprint density at radius 2 is 1.86 bits per heavy atom. The van der Waals surface area contributed by atoms with Crippen LogP contribution in [-0.4, -0.2) is 25.7 Å². The number of carbonyl (C=O) groups excluding carboxylic acids is 1. The van der Waals surface area contributed by atoms with Crippen LogP contribution in [0.3, 0.4) is 0 Å². The van der Waals surface area contributed by atoms with E-state index in [1.165, 1.54) is 13.2 Å². The molecule has 0 fully saturated rings. The van der Waals surface area contributed by atoms with Gasteiger partial charge in [-0.05, 0) is 42.7 Å². The fourth-order valence-electron chi connectivity index (χ4n) is 1.52. The Balaban J connectivity index is 2.31. The van der Waals surface area contributed by atoms with Crippen molar-refractivity contribution < 1.29 is 14.3 Å². The second-order valence-corrected chi connectivity index (χ2v) is 13.6. The number of benzene rings is 1. The fourth-order valence-corrected chi connectivity index (χ4v) is 3.38. The van der Waals surface area contributed by atoms with Crippen molar-refractivity contribution in [3.63, 3.8) is 0 Å². The Kier molecular flexibility index (Phi) is 8.18. The molecular formula is C14H17Cl3O3Si. The molecule has 3 nitrogen and oxygen atoms in total. The molecule has 0 aromatic heterocycles. The Labute approximate surface area is 139 Å².